The van der Waals surface area contributed by atoms with E-state index in [1.165, 1.54) is 37.9 Å². The highest BCUT2D eigenvalue weighted by Gasteiger charge is 2.25. The number of rotatable bonds is 4. The number of benzene rings is 1. The van der Waals surface area contributed by atoms with E-state index < -0.39 is 0 Å². The molecule has 6 nitrogen and oxygen atoms in total. The number of piperidine rings is 1. The molecular formula is C19H28ClN5O. The molecule has 0 amide bonds. The van der Waals surface area contributed by atoms with Crippen LogP contribution in [0, 0.1) is 0 Å². The summed E-state index contributed by atoms with van der Waals surface area (Å²) in [6, 6.07) is 8.74. The Morgan fingerprint density at radius 1 is 1.12 bits per heavy atom. The van der Waals surface area contributed by atoms with Crippen molar-refractivity contribution in [2.75, 3.05) is 39.8 Å². The summed E-state index contributed by atoms with van der Waals surface area (Å²) in [6.07, 6.45) is 4.03. The van der Waals surface area contributed by atoms with Crippen molar-refractivity contribution < 1.29 is 4.52 Å². The zero-order valence-electron chi connectivity index (χ0n) is 15.4. The maximum absolute atomic E-state index is 5.52. The van der Waals surface area contributed by atoms with Crippen LogP contribution in [-0.4, -0.2) is 59.7 Å². The highest BCUT2D eigenvalue weighted by atomic mass is 35.5. The van der Waals surface area contributed by atoms with Crippen LogP contribution in [-0.2, 0) is 6.54 Å². The van der Waals surface area contributed by atoms with Crippen molar-refractivity contribution in [1.29, 1.82) is 0 Å². The fourth-order valence-electron chi connectivity index (χ4n) is 3.71. The summed E-state index contributed by atoms with van der Waals surface area (Å²) in [7, 11) is 2.11. The number of likely N-dealkylation sites (tertiary alicyclic amines) is 1. The van der Waals surface area contributed by atoms with E-state index in [9.17, 15) is 0 Å². The van der Waals surface area contributed by atoms with E-state index in [-0.39, 0.29) is 18.4 Å². The van der Waals surface area contributed by atoms with Gasteiger partial charge in [-0.15, -0.1) is 12.4 Å². The molecule has 0 saturated carbocycles. The fourth-order valence-corrected chi connectivity index (χ4v) is 3.71. The van der Waals surface area contributed by atoms with Gasteiger partial charge in [-0.2, -0.15) is 4.98 Å². The van der Waals surface area contributed by atoms with Gasteiger partial charge in [0.15, 0.2) is 5.82 Å². The number of hydrogen-bond donors (Lipinski definition) is 1. The Bertz CT molecular complexity index is 683. The highest BCUT2D eigenvalue weighted by Crippen LogP contribution is 2.23. The van der Waals surface area contributed by atoms with Gasteiger partial charge < -0.3 is 9.84 Å². The molecule has 7 heteroatoms. The fraction of sp³-hybridized carbons (Fsp3) is 0.579. The number of halogens is 1. The maximum Gasteiger partial charge on any atom is 0.257 e. The normalized spacial score (nSPS) is 22.1. The number of hydrogen-bond acceptors (Lipinski definition) is 6. The lowest BCUT2D eigenvalue weighted by Gasteiger charge is -2.30. The van der Waals surface area contributed by atoms with Gasteiger partial charge in [0.25, 0.3) is 5.89 Å². The maximum atomic E-state index is 5.52. The number of piperazine rings is 1. The summed E-state index contributed by atoms with van der Waals surface area (Å²) in [5.74, 6) is 1.38. The third-order valence-electron chi connectivity index (χ3n) is 5.31. The minimum atomic E-state index is 0. The summed E-state index contributed by atoms with van der Waals surface area (Å²) in [4.78, 5) is 9.44. The lowest BCUT2D eigenvalue weighted by molar-refractivity contribution is 0.190. The van der Waals surface area contributed by atoms with Gasteiger partial charge in [0, 0.05) is 31.7 Å². The van der Waals surface area contributed by atoms with E-state index in [1.807, 2.05) is 0 Å². The quantitative estimate of drug-likeness (QED) is 0.884. The Labute approximate surface area is 161 Å². The van der Waals surface area contributed by atoms with Crippen LogP contribution < -0.4 is 5.32 Å². The van der Waals surface area contributed by atoms with Crippen LogP contribution in [0.4, 0.5) is 0 Å². The lowest BCUT2D eigenvalue weighted by atomic mass is 10.1. The van der Waals surface area contributed by atoms with E-state index in [0.717, 1.165) is 37.6 Å². The summed E-state index contributed by atoms with van der Waals surface area (Å²) in [6.45, 7) is 6.35. The highest BCUT2D eigenvalue weighted by molar-refractivity contribution is 5.85. The average Bonchev–Trinajstić information content (AvgIpc) is 3.13. The van der Waals surface area contributed by atoms with Crippen molar-refractivity contribution in [2.24, 2.45) is 0 Å². The molecule has 2 aromatic rings. The zero-order chi connectivity index (χ0) is 17.1. The molecule has 4 rings (SSSR count). The van der Waals surface area contributed by atoms with E-state index in [2.05, 4.69) is 56.6 Å². The van der Waals surface area contributed by atoms with Crippen LogP contribution in [0.2, 0.25) is 0 Å². The molecule has 1 unspecified atom stereocenters. The molecular weight excluding hydrogens is 350 g/mol. The molecule has 2 aliphatic rings. The van der Waals surface area contributed by atoms with Crippen molar-refractivity contribution in [3.8, 4) is 11.5 Å². The molecule has 2 fully saturated rings. The van der Waals surface area contributed by atoms with Crippen LogP contribution in [0.5, 0.6) is 0 Å². The standard InChI is InChI=1S/C19H27N5O.ClH/c1-23-12-9-20-13-17(23)18-21-19(25-22-18)16-7-5-15(6-8-16)14-24-10-3-2-4-11-24;/h5-8,17,20H,2-4,9-14H2,1H3;1H. The summed E-state index contributed by atoms with van der Waals surface area (Å²) < 4.78 is 5.52. The minimum absolute atomic E-state index is 0. The molecule has 3 heterocycles. The largest absolute Gasteiger partial charge is 0.334 e. The smallest absolute Gasteiger partial charge is 0.257 e. The Hall–Kier alpha value is -1.47. The number of aromatic nitrogens is 2. The molecule has 0 spiro atoms. The third kappa shape index (κ3) is 4.43. The van der Waals surface area contributed by atoms with E-state index in [4.69, 9.17) is 4.52 Å². The molecule has 0 radical (unpaired) electrons. The molecule has 142 valence electrons. The number of likely N-dealkylation sites (N-methyl/N-ethyl adjacent to an activating group) is 1. The van der Waals surface area contributed by atoms with Gasteiger partial charge in [-0.3, -0.25) is 9.80 Å². The summed E-state index contributed by atoms with van der Waals surface area (Å²) in [5.41, 5.74) is 2.34. The molecule has 1 atom stereocenters. The van der Waals surface area contributed by atoms with E-state index in [1.54, 1.807) is 0 Å². The molecule has 2 aliphatic heterocycles. The molecule has 0 bridgehead atoms. The topological polar surface area (TPSA) is 57.4 Å². The Balaban J connectivity index is 0.00000196. The van der Waals surface area contributed by atoms with Crippen molar-refractivity contribution >= 4 is 12.4 Å². The second-order valence-electron chi connectivity index (χ2n) is 7.19. The first-order valence-electron chi connectivity index (χ1n) is 9.36. The second-order valence-corrected chi connectivity index (χ2v) is 7.19. The van der Waals surface area contributed by atoms with Crippen molar-refractivity contribution in [3.05, 3.63) is 35.7 Å². The van der Waals surface area contributed by atoms with Crippen molar-refractivity contribution in [3.63, 3.8) is 0 Å². The van der Waals surface area contributed by atoms with Gasteiger partial charge in [0.1, 0.15) is 0 Å². The van der Waals surface area contributed by atoms with Gasteiger partial charge in [-0.1, -0.05) is 23.7 Å². The Morgan fingerprint density at radius 3 is 2.62 bits per heavy atom. The van der Waals surface area contributed by atoms with Gasteiger partial charge in [-0.05, 0) is 50.7 Å². The predicted octanol–water partition coefficient (Wildman–Crippen LogP) is 2.72. The minimum Gasteiger partial charge on any atom is -0.334 e. The molecule has 1 N–H and O–H groups in total. The Kier molecular flexibility index (Phi) is 6.64. The first kappa shape index (κ1) is 19.3. The molecule has 2 saturated heterocycles. The van der Waals surface area contributed by atoms with E-state index >= 15 is 0 Å². The van der Waals surface area contributed by atoms with Gasteiger partial charge in [0.05, 0.1) is 6.04 Å². The van der Waals surface area contributed by atoms with Gasteiger partial charge >= 0.3 is 0 Å². The number of nitrogens with one attached hydrogen (secondary N) is 1. The van der Waals surface area contributed by atoms with Crippen molar-refractivity contribution in [1.82, 2.24) is 25.3 Å². The first-order chi connectivity index (χ1) is 12.3. The predicted molar refractivity (Wildman–Crippen MR) is 104 cm³/mol. The molecule has 0 aliphatic carbocycles. The second kappa shape index (κ2) is 8.95. The molecule has 26 heavy (non-hydrogen) atoms. The van der Waals surface area contributed by atoms with Gasteiger partial charge in [-0.25, -0.2) is 0 Å². The van der Waals surface area contributed by atoms with Crippen LogP contribution in [0.1, 0.15) is 36.7 Å². The van der Waals surface area contributed by atoms with E-state index in [0.29, 0.717) is 5.89 Å². The molecule has 1 aromatic heterocycles. The van der Waals surface area contributed by atoms with Crippen LogP contribution in [0.15, 0.2) is 28.8 Å². The first-order valence-corrected chi connectivity index (χ1v) is 9.36. The third-order valence-corrected chi connectivity index (χ3v) is 5.31. The summed E-state index contributed by atoms with van der Waals surface area (Å²) >= 11 is 0. The van der Waals surface area contributed by atoms with Crippen LogP contribution >= 0.6 is 12.4 Å². The van der Waals surface area contributed by atoms with Gasteiger partial charge in [0.2, 0.25) is 0 Å². The molecule has 1 aromatic carbocycles. The lowest BCUT2D eigenvalue weighted by Crippen LogP contribution is -2.44. The summed E-state index contributed by atoms with van der Waals surface area (Å²) in [5, 5.41) is 7.60. The van der Waals surface area contributed by atoms with Crippen LogP contribution in [0.25, 0.3) is 11.5 Å². The average molecular weight is 378 g/mol. The Morgan fingerprint density at radius 2 is 1.88 bits per heavy atom. The monoisotopic (exact) mass is 377 g/mol. The van der Waals surface area contributed by atoms with Crippen LogP contribution in [0.3, 0.4) is 0 Å². The SMILES string of the molecule is CN1CCNCC1c1noc(-c2ccc(CN3CCCCC3)cc2)n1.Cl. The van der Waals surface area contributed by atoms with Crippen molar-refractivity contribution in [2.45, 2.75) is 31.8 Å². The zero-order valence-corrected chi connectivity index (χ0v) is 16.2. The number of nitrogens with zero attached hydrogens (tertiary/aromatic N) is 4.